The van der Waals surface area contributed by atoms with Crippen molar-refractivity contribution in [1.82, 2.24) is 9.55 Å². The molecule has 0 unspecified atom stereocenters. The molecule has 2 aromatic heterocycles. The SMILES string of the molecule is CCCCNc1nccn1Cc1cc(C)c(C)s1. The van der Waals surface area contributed by atoms with Gasteiger partial charge in [0.15, 0.2) is 0 Å². The molecule has 0 aliphatic heterocycles. The van der Waals surface area contributed by atoms with E-state index in [1.807, 2.05) is 23.7 Å². The molecule has 0 aromatic carbocycles. The number of anilines is 1. The van der Waals surface area contributed by atoms with Crippen molar-refractivity contribution in [1.29, 1.82) is 0 Å². The van der Waals surface area contributed by atoms with Crippen LogP contribution in [0.5, 0.6) is 0 Å². The number of thiophene rings is 1. The fourth-order valence-electron chi connectivity index (χ4n) is 1.88. The van der Waals surface area contributed by atoms with Gasteiger partial charge in [0, 0.05) is 28.7 Å². The molecule has 2 rings (SSSR count). The molecule has 0 radical (unpaired) electrons. The lowest BCUT2D eigenvalue weighted by atomic mass is 10.3. The van der Waals surface area contributed by atoms with E-state index in [2.05, 4.69) is 41.7 Å². The largest absolute Gasteiger partial charge is 0.356 e. The van der Waals surface area contributed by atoms with E-state index in [0.29, 0.717) is 0 Å². The van der Waals surface area contributed by atoms with Crippen molar-refractivity contribution in [3.8, 4) is 0 Å². The summed E-state index contributed by atoms with van der Waals surface area (Å²) in [6.07, 6.45) is 6.29. The van der Waals surface area contributed by atoms with Crippen LogP contribution in [0.3, 0.4) is 0 Å². The minimum absolute atomic E-state index is 0.911. The summed E-state index contributed by atoms with van der Waals surface area (Å²) in [6, 6.07) is 2.27. The summed E-state index contributed by atoms with van der Waals surface area (Å²) in [5.74, 6) is 0.979. The van der Waals surface area contributed by atoms with Gasteiger partial charge < -0.3 is 9.88 Å². The standard InChI is InChI=1S/C14H21N3S/c1-4-5-6-15-14-16-7-8-17(14)10-13-9-11(2)12(3)18-13/h7-9H,4-6,10H2,1-3H3,(H,15,16). The van der Waals surface area contributed by atoms with Crippen LogP contribution in [-0.2, 0) is 6.54 Å². The second-order valence-corrected chi connectivity index (χ2v) is 5.95. The smallest absolute Gasteiger partial charge is 0.203 e. The lowest BCUT2D eigenvalue weighted by Crippen LogP contribution is -2.08. The maximum absolute atomic E-state index is 4.37. The summed E-state index contributed by atoms with van der Waals surface area (Å²) >= 11 is 1.87. The molecule has 98 valence electrons. The first-order valence-corrected chi connectivity index (χ1v) is 7.33. The van der Waals surface area contributed by atoms with E-state index in [0.717, 1.165) is 19.0 Å². The minimum Gasteiger partial charge on any atom is -0.356 e. The van der Waals surface area contributed by atoms with E-state index in [1.165, 1.54) is 28.2 Å². The Labute approximate surface area is 113 Å². The van der Waals surface area contributed by atoms with Crippen molar-refractivity contribution in [2.45, 2.75) is 40.2 Å². The molecule has 18 heavy (non-hydrogen) atoms. The summed E-state index contributed by atoms with van der Waals surface area (Å²) in [4.78, 5) is 7.17. The van der Waals surface area contributed by atoms with Crippen LogP contribution in [-0.4, -0.2) is 16.1 Å². The van der Waals surface area contributed by atoms with Gasteiger partial charge in [-0.3, -0.25) is 0 Å². The fourth-order valence-corrected chi connectivity index (χ4v) is 2.93. The highest BCUT2D eigenvalue weighted by Gasteiger charge is 2.06. The van der Waals surface area contributed by atoms with Crippen molar-refractivity contribution >= 4 is 17.3 Å². The van der Waals surface area contributed by atoms with Crippen molar-refractivity contribution < 1.29 is 0 Å². The third-order valence-corrected chi connectivity index (χ3v) is 4.21. The fraction of sp³-hybridized carbons (Fsp3) is 0.500. The van der Waals surface area contributed by atoms with Crippen LogP contribution in [0, 0.1) is 13.8 Å². The van der Waals surface area contributed by atoms with E-state index >= 15 is 0 Å². The number of hydrogen-bond donors (Lipinski definition) is 1. The lowest BCUT2D eigenvalue weighted by Gasteiger charge is -2.08. The Balaban J connectivity index is 2.02. The van der Waals surface area contributed by atoms with Crippen molar-refractivity contribution in [2.24, 2.45) is 0 Å². The molecule has 2 aromatic rings. The average Bonchev–Trinajstić information content (AvgIpc) is 2.88. The van der Waals surface area contributed by atoms with Crippen LogP contribution >= 0.6 is 11.3 Å². The third-order valence-electron chi connectivity index (χ3n) is 3.07. The molecule has 1 N–H and O–H groups in total. The molecular weight excluding hydrogens is 242 g/mol. The van der Waals surface area contributed by atoms with Gasteiger partial charge in [-0.05, 0) is 31.9 Å². The molecular formula is C14H21N3S. The van der Waals surface area contributed by atoms with E-state index in [4.69, 9.17) is 0 Å². The van der Waals surface area contributed by atoms with E-state index < -0.39 is 0 Å². The monoisotopic (exact) mass is 263 g/mol. The van der Waals surface area contributed by atoms with Gasteiger partial charge in [-0.15, -0.1) is 11.3 Å². The molecule has 0 aliphatic rings. The van der Waals surface area contributed by atoms with Gasteiger partial charge in [0.2, 0.25) is 5.95 Å². The van der Waals surface area contributed by atoms with Crippen molar-refractivity contribution in [2.75, 3.05) is 11.9 Å². The van der Waals surface area contributed by atoms with E-state index in [9.17, 15) is 0 Å². The predicted octanol–water partition coefficient (Wildman–Crippen LogP) is 3.82. The Morgan fingerprint density at radius 3 is 2.89 bits per heavy atom. The molecule has 4 heteroatoms. The zero-order valence-electron chi connectivity index (χ0n) is 11.4. The molecule has 0 saturated carbocycles. The van der Waals surface area contributed by atoms with Crippen LogP contribution in [0.1, 0.15) is 35.1 Å². The quantitative estimate of drug-likeness (QED) is 0.803. The number of nitrogens with one attached hydrogen (secondary N) is 1. The molecule has 0 atom stereocenters. The molecule has 3 nitrogen and oxygen atoms in total. The Morgan fingerprint density at radius 1 is 1.39 bits per heavy atom. The Hall–Kier alpha value is -1.29. The van der Waals surface area contributed by atoms with E-state index in [1.54, 1.807) is 0 Å². The maximum atomic E-state index is 4.37. The maximum Gasteiger partial charge on any atom is 0.203 e. The third kappa shape index (κ3) is 3.13. The second-order valence-electron chi connectivity index (χ2n) is 4.61. The summed E-state index contributed by atoms with van der Waals surface area (Å²) in [5.41, 5.74) is 1.38. The number of aryl methyl sites for hydroxylation is 2. The Bertz CT molecular complexity index is 479. The number of hydrogen-bond acceptors (Lipinski definition) is 3. The molecule has 0 bridgehead atoms. The van der Waals surface area contributed by atoms with Gasteiger partial charge in [-0.1, -0.05) is 13.3 Å². The molecule has 0 aliphatic carbocycles. The number of nitrogens with zero attached hydrogens (tertiary/aromatic N) is 2. The van der Waals surface area contributed by atoms with Gasteiger partial charge in [0.05, 0.1) is 6.54 Å². The van der Waals surface area contributed by atoms with Gasteiger partial charge in [0.1, 0.15) is 0 Å². The van der Waals surface area contributed by atoms with Crippen LogP contribution in [0.2, 0.25) is 0 Å². The van der Waals surface area contributed by atoms with Gasteiger partial charge in [-0.2, -0.15) is 0 Å². The van der Waals surface area contributed by atoms with E-state index in [-0.39, 0.29) is 0 Å². The van der Waals surface area contributed by atoms with Crippen molar-refractivity contribution in [3.63, 3.8) is 0 Å². The summed E-state index contributed by atoms with van der Waals surface area (Å²) < 4.78 is 2.18. The second kappa shape index (κ2) is 6.05. The highest BCUT2D eigenvalue weighted by molar-refractivity contribution is 7.12. The molecule has 0 amide bonds. The van der Waals surface area contributed by atoms with Gasteiger partial charge >= 0.3 is 0 Å². The summed E-state index contributed by atoms with van der Waals surface area (Å²) in [7, 11) is 0. The Kier molecular flexibility index (Phi) is 4.42. The van der Waals surface area contributed by atoms with Gasteiger partial charge in [0.25, 0.3) is 0 Å². The summed E-state index contributed by atoms with van der Waals surface area (Å²) in [6.45, 7) is 8.46. The molecule has 0 spiro atoms. The van der Waals surface area contributed by atoms with Crippen LogP contribution in [0.4, 0.5) is 5.95 Å². The highest BCUT2D eigenvalue weighted by atomic mass is 32.1. The first-order valence-electron chi connectivity index (χ1n) is 6.51. The molecule has 0 fully saturated rings. The zero-order valence-corrected chi connectivity index (χ0v) is 12.2. The number of imidazole rings is 1. The van der Waals surface area contributed by atoms with Crippen molar-refractivity contribution in [3.05, 3.63) is 33.8 Å². The lowest BCUT2D eigenvalue weighted by molar-refractivity contribution is 0.782. The first-order chi connectivity index (χ1) is 8.70. The van der Waals surface area contributed by atoms with Crippen LogP contribution in [0.25, 0.3) is 0 Å². The zero-order chi connectivity index (χ0) is 13.0. The Morgan fingerprint density at radius 2 is 2.22 bits per heavy atom. The van der Waals surface area contributed by atoms with Gasteiger partial charge in [-0.25, -0.2) is 4.98 Å². The summed E-state index contributed by atoms with van der Waals surface area (Å²) in [5, 5.41) is 3.39. The highest BCUT2D eigenvalue weighted by Crippen LogP contribution is 2.22. The van der Waals surface area contributed by atoms with Crippen LogP contribution < -0.4 is 5.32 Å². The minimum atomic E-state index is 0.911. The number of rotatable bonds is 6. The molecule has 0 saturated heterocycles. The number of aromatic nitrogens is 2. The first kappa shape index (κ1) is 13.1. The van der Waals surface area contributed by atoms with Crippen LogP contribution in [0.15, 0.2) is 18.5 Å². The molecule has 2 heterocycles. The topological polar surface area (TPSA) is 29.9 Å². The predicted molar refractivity (Wildman–Crippen MR) is 78.5 cm³/mol. The average molecular weight is 263 g/mol. The number of unbranched alkanes of at least 4 members (excludes halogenated alkanes) is 1. The normalized spacial score (nSPS) is 10.8.